The molecule has 1 aliphatic heterocycles. The summed E-state index contributed by atoms with van der Waals surface area (Å²) in [5.74, 6) is 0.588. The van der Waals surface area contributed by atoms with Crippen molar-refractivity contribution in [2.24, 2.45) is 0 Å². The van der Waals surface area contributed by atoms with Gasteiger partial charge in [-0.1, -0.05) is 12.1 Å². The smallest absolute Gasteiger partial charge is 0.0529 e. The molecule has 0 amide bonds. The molecule has 3 aromatic rings. The number of pyridine rings is 1. The van der Waals surface area contributed by atoms with Crippen LogP contribution >= 0.6 is 0 Å². The molecule has 0 bridgehead atoms. The van der Waals surface area contributed by atoms with E-state index in [2.05, 4.69) is 57.7 Å². The lowest BCUT2D eigenvalue weighted by Gasteiger charge is -2.45. The number of nitrogens with one attached hydrogen (secondary N) is 2. The van der Waals surface area contributed by atoms with E-state index in [1.54, 1.807) is 0 Å². The molecule has 5 rings (SSSR count). The molecular formula is C20H22N4. The van der Waals surface area contributed by atoms with Crippen molar-refractivity contribution in [1.82, 2.24) is 14.9 Å². The van der Waals surface area contributed by atoms with E-state index >= 15 is 0 Å². The Balaban J connectivity index is 1.49. The lowest BCUT2D eigenvalue weighted by Crippen LogP contribution is -2.51. The Hall–Kier alpha value is -2.33. The highest BCUT2D eigenvalue weighted by Gasteiger charge is 2.39. The van der Waals surface area contributed by atoms with Crippen LogP contribution in [0.5, 0.6) is 0 Å². The molecule has 3 heterocycles. The number of hydrogen-bond acceptors (Lipinski definition) is 3. The fraction of sp³-hybridized carbons (Fsp3) is 0.350. The number of likely N-dealkylation sites (N-methyl/N-ethyl adjacent to an activating group) is 1. The predicted molar refractivity (Wildman–Crippen MR) is 97.4 cm³/mol. The van der Waals surface area contributed by atoms with Crippen molar-refractivity contribution >= 4 is 16.6 Å². The summed E-state index contributed by atoms with van der Waals surface area (Å²) < 4.78 is 0. The number of fused-ring (bicyclic) bond motifs is 2. The molecule has 4 nitrogen and oxygen atoms in total. The van der Waals surface area contributed by atoms with Crippen LogP contribution in [-0.2, 0) is 6.42 Å². The minimum absolute atomic E-state index is 0.455. The Morgan fingerprint density at radius 3 is 3.08 bits per heavy atom. The van der Waals surface area contributed by atoms with E-state index in [1.165, 1.54) is 28.5 Å². The number of aromatic nitrogens is 2. The van der Waals surface area contributed by atoms with Gasteiger partial charge >= 0.3 is 0 Å². The molecule has 1 saturated heterocycles. The Labute approximate surface area is 141 Å². The minimum Gasteiger partial charge on any atom is -0.380 e. The normalized spacial score (nSPS) is 26.3. The molecule has 0 radical (unpaired) electrons. The molecule has 122 valence electrons. The van der Waals surface area contributed by atoms with Crippen molar-refractivity contribution in [3.63, 3.8) is 0 Å². The number of likely N-dealkylation sites (tertiary alicyclic amines) is 1. The molecule has 0 spiro atoms. The molecule has 2 aromatic heterocycles. The summed E-state index contributed by atoms with van der Waals surface area (Å²) >= 11 is 0. The van der Waals surface area contributed by atoms with Gasteiger partial charge in [0.05, 0.1) is 5.69 Å². The fourth-order valence-electron chi connectivity index (χ4n) is 4.73. The number of piperidine rings is 1. The van der Waals surface area contributed by atoms with Crippen LogP contribution in [0.2, 0.25) is 0 Å². The number of nitrogens with zero attached hydrogens (tertiary/aromatic N) is 2. The first-order valence-corrected chi connectivity index (χ1v) is 8.75. The van der Waals surface area contributed by atoms with E-state index in [4.69, 9.17) is 0 Å². The zero-order valence-corrected chi connectivity index (χ0v) is 13.9. The van der Waals surface area contributed by atoms with Gasteiger partial charge in [0.15, 0.2) is 0 Å². The summed E-state index contributed by atoms with van der Waals surface area (Å²) in [5.41, 5.74) is 5.40. The van der Waals surface area contributed by atoms with Crippen molar-refractivity contribution in [2.45, 2.75) is 30.8 Å². The van der Waals surface area contributed by atoms with Gasteiger partial charge in [-0.05, 0) is 49.2 Å². The quantitative estimate of drug-likeness (QED) is 0.761. The molecule has 2 aliphatic rings. The Kier molecular flexibility index (Phi) is 3.13. The second-order valence-corrected chi connectivity index (χ2v) is 7.22. The molecule has 0 saturated carbocycles. The Morgan fingerprint density at radius 1 is 1.25 bits per heavy atom. The maximum atomic E-state index is 4.22. The average molecular weight is 318 g/mol. The van der Waals surface area contributed by atoms with Crippen molar-refractivity contribution in [3.05, 3.63) is 60.0 Å². The van der Waals surface area contributed by atoms with Gasteiger partial charge in [-0.15, -0.1) is 0 Å². The van der Waals surface area contributed by atoms with E-state index in [9.17, 15) is 0 Å². The van der Waals surface area contributed by atoms with Crippen LogP contribution in [0.3, 0.4) is 0 Å². The van der Waals surface area contributed by atoms with Gasteiger partial charge in [0.2, 0.25) is 0 Å². The van der Waals surface area contributed by atoms with Gasteiger partial charge in [0.25, 0.3) is 0 Å². The first-order valence-electron chi connectivity index (χ1n) is 8.75. The summed E-state index contributed by atoms with van der Waals surface area (Å²) in [7, 11) is 2.27. The third kappa shape index (κ3) is 2.13. The van der Waals surface area contributed by atoms with Crippen LogP contribution in [0, 0.1) is 0 Å². The number of benzene rings is 1. The Morgan fingerprint density at radius 2 is 2.21 bits per heavy atom. The number of hydrogen-bond donors (Lipinski definition) is 2. The van der Waals surface area contributed by atoms with Gasteiger partial charge in [0.1, 0.15) is 0 Å². The molecule has 3 atom stereocenters. The van der Waals surface area contributed by atoms with Crippen LogP contribution in [-0.4, -0.2) is 40.5 Å². The monoisotopic (exact) mass is 318 g/mol. The van der Waals surface area contributed by atoms with Gasteiger partial charge < -0.3 is 15.2 Å². The molecule has 1 aromatic carbocycles. The second-order valence-electron chi connectivity index (χ2n) is 7.22. The zero-order valence-electron chi connectivity index (χ0n) is 13.9. The minimum atomic E-state index is 0.455. The van der Waals surface area contributed by atoms with Gasteiger partial charge in [-0.25, -0.2) is 0 Å². The van der Waals surface area contributed by atoms with E-state index in [0.717, 1.165) is 18.7 Å². The van der Waals surface area contributed by atoms with Gasteiger partial charge in [-0.3, -0.25) is 4.98 Å². The van der Waals surface area contributed by atoms with Crippen LogP contribution in [0.4, 0.5) is 5.69 Å². The zero-order chi connectivity index (χ0) is 16.1. The van der Waals surface area contributed by atoms with Gasteiger partial charge in [-0.2, -0.15) is 0 Å². The summed E-state index contributed by atoms with van der Waals surface area (Å²) in [5, 5.41) is 5.15. The maximum absolute atomic E-state index is 4.22. The topological polar surface area (TPSA) is 44.0 Å². The number of rotatable bonds is 2. The van der Waals surface area contributed by atoms with Crippen molar-refractivity contribution in [3.8, 4) is 0 Å². The first-order chi connectivity index (χ1) is 11.8. The van der Waals surface area contributed by atoms with Crippen molar-refractivity contribution < 1.29 is 0 Å². The first kappa shape index (κ1) is 14.1. The molecular weight excluding hydrogens is 296 g/mol. The standard InChI is InChI=1S/C20H22N4/c1-24-12-15(23-14-4-3-7-21-11-14)9-17-16-5-2-6-18-20(16)13(10-22-18)8-19(17)24/h2-7,10-11,15,17,19,22-23H,8-9,12H2,1H3/t15?,17?,19-/m1/s1. The second kappa shape index (κ2) is 5.35. The third-order valence-corrected chi connectivity index (χ3v) is 5.76. The van der Waals surface area contributed by atoms with E-state index < -0.39 is 0 Å². The van der Waals surface area contributed by atoms with Gasteiger partial charge in [0, 0.05) is 54.0 Å². The van der Waals surface area contributed by atoms with E-state index in [-0.39, 0.29) is 0 Å². The highest BCUT2D eigenvalue weighted by molar-refractivity contribution is 5.88. The molecule has 24 heavy (non-hydrogen) atoms. The molecule has 2 N–H and O–H groups in total. The van der Waals surface area contributed by atoms with Crippen LogP contribution in [0.1, 0.15) is 23.5 Å². The average Bonchev–Trinajstić information content (AvgIpc) is 3.02. The molecule has 1 aliphatic carbocycles. The summed E-state index contributed by atoms with van der Waals surface area (Å²) in [6.07, 6.45) is 8.27. The highest BCUT2D eigenvalue weighted by atomic mass is 15.2. The number of aromatic amines is 1. The van der Waals surface area contributed by atoms with Crippen LogP contribution in [0.25, 0.3) is 10.9 Å². The van der Waals surface area contributed by atoms with Crippen molar-refractivity contribution in [1.29, 1.82) is 0 Å². The molecule has 2 unspecified atom stereocenters. The fourth-order valence-corrected chi connectivity index (χ4v) is 4.73. The number of H-pyrrole nitrogens is 1. The Bertz CT molecular complexity index is 870. The van der Waals surface area contributed by atoms with E-state index in [0.29, 0.717) is 18.0 Å². The lowest BCUT2D eigenvalue weighted by atomic mass is 9.74. The molecule has 1 fully saturated rings. The summed E-state index contributed by atoms with van der Waals surface area (Å²) in [4.78, 5) is 10.2. The SMILES string of the molecule is CN1CC(Nc2cccnc2)CC2c3cccc4[nH]cc(c34)C[C@H]21. The number of anilines is 1. The highest BCUT2D eigenvalue weighted by Crippen LogP contribution is 2.43. The summed E-state index contributed by atoms with van der Waals surface area (Å²) in [6, 6.07) is 11.9. The summed E-state index contributed by atoms with van der Waals surface area (Å²) in [6.45, 7) is 1.08. The predicted octanol–water partition coefficient (Wildman–Crippen LogP) is 3.39. The maximum Gasteiger partial charge on any atom is 0.0529 e. The largest absolute Gasteiger partial charge is 0.380 e. The lowest BCUT2D eigenvalue weighted by molar-refractivity contribution is 0.147. The third-order valence-electron chi connectivity index (χ3n) is 5.76. The van der Waals surface area contributed by atoms with E-state index in [1.807, 2.05) is 18.5 Å². The molecule has 4 heteroatoms. The van der Waals surface area contributed by atoms with Crippen LogP contribution in [0.15, 0.2) is 48.9 Å². The van der Waals surface area contributed by atoms with Crippen molar-refractivity contribution in [2.75, 3.05) is 18.9 Å². The van der Waals surface area contributed by atoms with Crippen LogP contribution < -0.4 is 5.32 Å².